The standard InChI is InChI=1S/C10H9BrN2O/c1-7-12-10(14-13-7)6-8-4-2-3-5-9(8)11/h2-5H,6H2,1H3. The number of aromatic nitrogens is 2. The van der Waals surface area contributed by atoms with E-state index in [1.54, 1.807) is 0 Å². The summed E-state index contributed by atoms with van der Waals surface area (Å²) < 4.78 is 6.11. The molecule has 2 aromatic rings. The smallest absolute Gasteiger partial charge is 0.231 e. The summed E-state index contributed by atoms with van der Waals surface area (Å²) in [5.41, 5.74) is 1.15. The van der Waals surface area contributed by atoms with Crippen molar-refractivity contribution < 1.29 is 4.52 Å². The summed E-state index contributed by atoms with van der Waals surface area (Å²) in [6, 6.07) is 8.00. The van der Waals surface area contributed by atoms with Gasteiger partial charge in [0.1, 0.15) is 0 Å². The number of halogens is 1. The number of nitrogens with zero attached hydrogens (tertiary/aromatic N) is 2. The van der Waals surface area contributed by atoms with E-state index in [1.165, 1.54) is 0 Å². The number of benzene rings is 1. The van der Waals surface area contributed by atoms with Crippen LogP contribution < -0.4 is 0 Å². The molecule has 14 heavy (non-hydrogen) atoms. The minimum atomic E-state index is 0.648. The van der Waals surface area contributed by atoms with Crippen molar-refractivity contribution in [3.8, 4) is 0 Å². The molecule has 0 N–H and O–H groups in total. The third-order valence-electron chi connectivity index (χ3n) is 1.87. The van der Waals surface area contributed by atoms with Gasteiger partial charge in [-0.05, 0) is 18.6 Å². The van der Waals surface area contributed by atoms with Gasteiger partial charge in [0, 0.05) is 4.47 Å². The topological polar surface area (TPSA) is 38.9 Å². The monoisotopic (exact) mass is 252 g/mol. The van der Waals surface area contributed by atoms with E-state index >= 15 is 0 Å². The van der Waals surface area contributed by atoms with E-state index in [9.17, 15) is 0 Å². The van der Waals surface area contributed by atoms with Crippen LogP contribution in [0.4, 0.5) is 0 Å². The molecule has 3 nitrogen and oxygen atoms in total. The number of rotatable bonds is 2. The van der Waals surface area contributed by atoms with Crippen LogP contribution in [0.15, 0.2) is 33.3 Å². The summed E-state index contributed by atoms with van der Waals surface area (Å²) in [7, 11) is 0. The Morgan fingerprint density at radius 2 is 2.14 bits per heavy atom. The molecular formula is C10H9BrN2O. The molecule has 0 unspecified atom stereocenters. The van der Waals surface area contributed by atoms with Gasteiger partial charge in [0.25, 0.3) is 0 Å². The van der Waals surface area contributed by atoms with Crippen molar-refractivity contribution in [2.24, 2.45) is 0 Å². The Hall–Kier alpha value is -1.16. The lowest BCUT2D eigenvalue weighted by molar-refractivity contribution is 0.381. The highest BCUT2D eigenvalue weighted by molar-refractivity contribution is 9.10. The molecule has 0 saturated heterocycles. The van der Waals surface area contributed by atoms with E-state index < -0.39 is 0 Å². The average Bonchev–Trinajstić information content (AvgIpc) is 2.56. The molecule has 0 amide bonds. The van der Waals surface area contributed by atoms with E-state index in [1.807, 2.05) is 31.2 Å². The van der Waals surface area contributed by atoms with Crippen LogP contribution in [0.3, 0.4) is 0 Å². The molecule has 0 saturated carbocycles. The zero-order valence-electron chi connectivity index (χ0n) is 7.70. The Balaban J connectivity index is 2.23. The van der Waals surface area contributed by atoms with Crippen LogP contribution in [0.2, 0.25) is 0 Å². The van der Waals surface area contributed by atoms with Crippen LogP contribution in [-0.2, 0) is 6.42 Å². The summed E-state index contributed by atoms with van der Waals surface area (Å²) >= 11 is 3.47. The van der Waals surface area contributed by atoms with E-state index in [-0.39, 0.29) is 0 Å². The molecule has 0 aliphatic rings. The maximum absolute atomic E-state index is 5.04. The predicted octanol–water partition coefficient (Wildman–Crippen LogP) is 2.73. The highest BCUT2D eigenvalue weighted by atomic mass is 79.9. The van der Waals surface area contributed by atoms with Crippen LogP contribution in [0, 0.1) is 6.92 Å². The van der Waals surface area contributed by atoms with Crippen molar-refractivity contribution >= 4 is 15.9 Å². The Morgan fingerprint density at radius 1 is 1.36 bits per heavy atom. The first kappa shape index (κ1) is 9.40. The molecule has 0 spiro atoms. The maximum atomic E-state index is 5.04. The summed E-state index contributed by atoms with van der Waals surface area (Å²) in [4.78, 5) is 4.15. The number of aryl methyl sites for hydroxylation is 1. The quantitative estimate of drug-likeness (QED) is 0.825. The fraction of sp³-hybridized carbons (Fsp3) is 0.200. The van der Waals surface area contributed by atoms with E-state index in [2.05, 4.69) is 26.1 Å². The van der Waals surface area contributed by atoms with Crippen molar-refractivity contribution in [2.45, 2.75) is 13.3 Å². The molecule has 0 aliphatic carbocycles. The first-order valence-electron chi connectivity index (χ1n) is 4.28. The van der Waals surface area contributed by atoms with Gasteiger partial charge >= 0.3 is 0 Å². The average molecular weight is 253 g/mol. The third-order valence-corrected chi connectivity index (χ3v) is 2.64. The van der Waals surface area contributed by atoms with E-state index in [0.717, 1.165) is 10.0 Å². The van der Waals surface area contributed by atoms with E-state index in [0.29, 0.717) is 18.1 Å². The minimum Gasteiger partial charge on any atom is -0.339 e. The molecule has 0 fully saturated rings. The second-order valence-corrected chi connectivity index (χ2v) is 3.86. The van der Waals surface area contributed by atoms with Crippen molar-refractivity contribution in [1.29, 1.82) is 0 Å². The molecule has 1 aromatic carbocycles. The third kappa shape index (κ3) is 2.01. The van der Waals surface area contributed by atoms with Crippen LogP contribution >= 0.6 is 15.9 Å². The molecule has 2 rings (SSSR count). The first-order valence-corrected chi connectivity index (χ1v) is 5.07. The van der Waals surface area contributed by atoms with Crippen LogP contribution in [0.1, 0.15) is 17.3 Å². The molecule has 4 heteroatoms. The normalized spacial score (nSPS) is 10.4. The lowest BCUT2D eigenvalue weighted by Crippen LogP contribution is -1.89. The lowest BCUT2D eigenvalue weighted by Gasteiger charge is -1.98. The number of hydrogen-bond acceptors (Lipinski definition) is 3. The molecule has 1 aromatic heterocycles. The van der Waals surface area contributed by atoms with Crippen molar-refractivity contribution in [1.82, 2.24) is 10.1 Å². The van der Waals surface area contributed by atoms with Crippen molar-refractivity contribution in [2.75, 3.05) is 0 Å². The zero-order valence-corrected chi connectivity index (χ0v) is 9.28. The highest BCUT2D eigenvalue weighted by Gasteiger charge is 2.05. The van der Waals surface area contributed by atoms with Crippen LogP contribution in [-0.4, -0.2) is 10.1 Å². The molecule has 0 atom stereocenters. The van der Waals surface area contributed by atoms with Crippen molar-refractivity contribution in [3.63, 3.8) is 0 Å². The van der Waals surface area contributed by atoms with Crippen molar-refractivity contribution in [3.05, 3.63) is 46.0 Å². The van der Waals surface area contributed by atoms with Gasteiger partial charge in [0.15, 0.2) is 5.82 Å². The van der Waals surface area contributed by atoms with Gasteiger partial charge in [-0.2, -0.15) is 4.98 Å². The largest absolute Gasteiger partial charge is 0.339 e. The Bertz CT molecular complexity index is 439. The molecule has 0 aliphatic heterocycles. The van der Waals surface area contributed by atoms with Gasteiger partial charge < -0.3 is 4.52 Å². The molecule has 1 heterocycles. The van der Waals surface area contributed by atoms with Gasteiger partial charge in [-0.15, -0.1) is 0 Å². The summed E-state index contributed by atoms with van der Waals surface area (Å²) in [5.74, 6) is 1.32. The molecule has 72 valence electrons. The first-order chi connectivity index (χ1) is 6.75. The predicted molar refractivity (Wildman–Crippen MR) is 56.0 cm³/mol. The summed E-state index contributed by atoms with van der Waals surface area (Å²) in [5, 5.41) is 3.74. The fourth-order valence-electron chi connectivity index (χ4n) is 1.22. The Labute approximate surface area is 90.3 Å². The van der Waals surface area contributed by atoms with Gasteiger partial charge in [-0.1, -0.05) is 39.3 Å². The SMILES string of the molecule is Cc1noc(Cc2ccccc2Br)n1. The Kier molecular flexibility index (Phi) is 2.63. The minimum absolute atomic E-state index is 0.648. The van der Waals surface area contributed by atoms with Gasteiger partial charge in [-0.3, -0.25) is 0 Å². The van der Waals surface area contributed by atoms with Gasteiger partial charge in [0.05, 0.1) is 6.42 Å². The molecular weight excluding hydrogens is 244 g/mol. The Morgan fingerprint density at radius 3 is 2.79 bits per heavy atom. The van der Waals surface area contributed by atoms with Gasteiger partial charge in [-0.25, -0.2) is 0 Å². The van der Waals surface area contributed by atoms with Crippen LogP contribution in [0.5, 0.6) is 0 Å². The molecule has 0 radical (unpaired) electrons. The number of hydrogen-bond donors (Lipinski definition) is 0. The second-order valence-electron chi connectivity index (χ2n) is 3.00. The summed E-state index contributed by atoms with van der Waals surface area (Å²) in [6.45, 7) is 1.81. The lowest BCUT2D eigenvalue weighted by atomic mass is 10.1. The second kappa shape index (κ2) is 3.92. The zero-order chi connectivity index (χ0) is 9.97. The van der Waals surface area contributed by atoms with Crippen LogP contribution in [0.25, 0.3) is 0 Å². The molecule has 0 bridgehead atoms. The fourth-order valence-corrected chi connectivity index (χ4v) is 1.64. The van der Waals surface area contributed by atoms with Gasteiger partial charge in [0.2, 0.25) is 5.89 Å². The summed E-state index contributed by atoms with van der Waals surface area (Å²) in [6.07, 6.45) is 0.669. The highest BCUT2D eigenvalue weighted by Crippen LogP contribution is 2.18. The van der Waals surface area contributed by atoms with E-state index in [4.69, 9.17) is 4.52 Å². The maximum Gasteiger partial charge on any atom is 0.231 e.